The second-order valence-corrected chi connectivity index (χ2v) is 11.2. The van der Waals surface area contributed by atoms with Crippen LogP contribution in [0.25, 0.3) is 0 Å². The molecular weight excluding hydrogens is 416 g/mol. The molecule has 0 spiro atoms. The summed E-state index contributed by atoms with van der Waals surface area (Å²) in [5.41, 5.74) is 2.41. The molecule has 5 nitrogen and oxygen atoms in total. The molecule has 2 rings (SSSR count). The van der Waals surface area contributed by atoms with E-state index in [1.165, 1.54) is 0 Å². The van der Waals surface area contributed by atoms with Crippen LogP contribution in [-0.2, 0) is 25.8 Å². The molecule has 0 aliphatic heterocycles. The van der Waals surface area contributed by atoms with Crippen LogP contribution in [0.15, 0.2) is 24.3 Å². The number of rotatable bonds is 6. The van der Waals surface area contributed by atoms with Crippen molar-refractivity contribution in [1.82, 2.24) is 0 Å². The average Bonchev–Trinajstić information content (AvgIpc) is 2.69. The van der Waals surface area contributed by atoms with Crippen LogP contribution in [0.4, 0.5) is 0 Å². The number of benzene rings is 2. The zero-order valence-electron chi connectivity index (χ0n) is 21.6. The average molecular weight is 457 g/mol. The van der Waals surface area contributed by atoms with Crippen molar-refractivity contribution in [3.8, 4) is 11.5 Å². The number of carbonyl (C=O) groups is 1. The number of aliphatic hydroxyl groups excluding tert-OH is 1. The van der Waals surface area contributed by atoms with Crippen LogP contribution in [0.5, 0.6) is 11.5 Å². The van der Waals surface area contributed by atoms with Gasteiger partial charge in [0.05, 0.1) is 6.61 Å². The van der Waals surface area contributed by atoms with Gasteiger partial charge in [-0.05, 0) is 65.0 Å². The Morgan fingerprint density at radius 1 is 0.788 bits per heavy atom. The Labute approximate surface area is 198 Å². The largest absolute Gasteiger partial charge is 0.507 e. The Hall–Kier alpha value is -2.53. The number of phenolic OH excluding ortho intramolecular Hbond substituents is 2. The Morgan fingerprint density at radius 2 is 1.18 bits per heavy atom. The number of ether oxygens (including phenoxy) is 1. The number of esters is 1. The van der Waals surface area contributed by atoms with Gasteiger partial charge in [0.25, 0.3) is 0 Å². The zero-order valence-corrected chi connectivity index (χ0v) is 21.6. The highest BCUT2D eigenvalue weighted by Gasteiger charge is 2.41. The second-order valence-electron chi connectivity index (χ2n) is 11.2. The van der Waals surface area contributed by atoms with Crippen molar-refractivity contribution in [2.75, 3.05) is 13.2 Å². The first-order valence-electron chi connectivity index (χ1n) is 11.5. The van der Waals surface area contributed by atoms with Crippen molar-refractivity contribution in [3.63, 3.8) is 0 Å². The number of hydrogen-bond acceptors (Lipinski definition) is 5. The van der Waals surface area contributed by atoms with Crippen molar-refractivity contribution in [2.45, 2.75) is 85.0 Å². The van der Waals surface area contributed by atoms with Crippen LogP contribution >= 0.6 is 0 Å². The SMILES string of the molecule is Cc1cc(C(C)(C(=O)OCCCO)c2cc(C)c(O)c(C(C)(C)C)c2)cc(C(C)(C)C)c1O. The zero-order chi connectivity index (χ0) is 25.4. The summed E-state index contributed by atoms with van der Waals surface area (Å²) in [6.45, 7) is 17.6. The lowest BCUT2D eigenvalue weighted by Crippen LogP contribution is -2.37. The van der Waals surface area contributed by atoms with Gasteiger partial charge in [0, 0.05) is 13.0 Å². The molecule has 33 heavy (non-hydrogen) atoms. The number of carbonyl (C=O) groups excluding carboxylic acids is 1. The standard InChI is InChI=1S/C28H40O5/c1-17-13-19(15-21(23(17)30)26(3,4)5)28(9,25(32)33-12-10-11-29)20-14-18(2)24(31)22(16-20)27(6,7)8/h13-16,29-31H,10-12H2,1-9H3. The lowest BCUT2D eigenvalue weighted by atomic mass is 9.71. The lowest BCUT2D eigenvalue weighted by molar-refractivity contribution is -0.148. The summed E-state index contributed by atoms with van der Waals surface area (Å²) in [5, 5.41) is 30.7. The fraction of sp³-hybridized carbons (Fsp3) is 0.536. The van der Waals surface area contributed by atoms with Gasteiger partial charge in [-0.25, -0.2) is 0 Å². The molecule has 0 unspecified atom stereocenters. The maximum Gasteiger partial charge on any atom is 0.320 e. The number of aromatic hydroxyl groups is 2. The van der Waals surface area contributed by atoms with Crippen molar-refractivity contribution in [2.24, 2.45) is 0 Å². The van der Waals surface area contributed by atoms with Crippen LogP contribution in [0.2, 0.25) is 0 Å². The predicted molar refractivity (Wildman–Crippen MR) is 132 cm³/mol. The third kappa shape index (κ3) is 5.35. The molecule has 0 fully saturated rings. The molecule has 3 N–H and O–H groups in total. The van der Waals surface area contributed by atoms with E-state index in [9.17, 15) is 15.0 Å². The Morgan fingerprint density at radius 3 is 1.52 bits per heavy atom. The fourth-order valence-electron chi connectivity index (χ4n) is 4.06. The molecule has 0 aromatic heterocycles. The third-order valence-corrected chi connectivity index (χ3v) is 6.32. The van der Waals surface area contributed by atoms with E-state index >= 15 is 0 Å². The minimum Gasteiger partial charge on any atom is -0.507 e. The molecular formula is C28H40O5. The highest BCUT2D eigenvalue weighted by Crippen LogP contribution is 2.43. The van der Waals surface area contributed by atoms with Gasteiger partial charge >= 0.3 is 5.97 Å². The van der Waals surface area contributed by atoms with Gasteiger partial charge in [0.1, 0.15) is 16.9 Å². The minimum atomic E-state index is -1.19. The fourth-order valence-corrected chi connectivity index (χ4v) is 4.06. The van der Waals surface area contributed by atoms with Crippen LogP contribution in [-0.4, -0.2) is 34.5 Å². The highest BCUT2D eigenvalue weighted by molar-refractivity contribution is 5.88. The smallest absolute Gasteiger partial charge is 0.320 e. The molecule has 182 valence electrons. The van der Waals surface area contributed by atoms with Gasteiger partial charge in [-0.2, -0.15) is 0 Å². The molecule has 0 saturated carbocycles. The van der Waals surface area contributed by atoms with Gasteiger partial charge in [-0.15, -0.1) is 0 Å². The topological polar surface area (TPSA) is 87.0 Å². The Bertz CT molecular complexity index is 953. The second kappa shape index (κ2) is 9.38. The van der Waals surface area contributed by atoms with Gasteiger partial charge in [-0.3, -0.25) is 4.79 Å². The van der Waals surface area contributed by atoms with Gasteiger partial charge < -0.3 is 20.1 Å². The molecule has 0 heterocycles. The monoisotopic (exact) mass is 456 g/mol. The first-order chi connectivity index (χ1) is 15.0. The summed E-state index contributed by atoms with van der Waals surface area (Å²) < 4.78 is 5.62. The summed E-state index contributed by atoms with van der Waals surface area (Å²) in [6.07, 6.45) is 0.353. The quantitative estimate of drug-likeness (QED) is 0.392. The first-order valence-corrected chi connectivity index (χ1v) is 11.5. The van der Waals surface area contributed by atoms with E-state index in [1.807, 2.05) is 86.6 Å². The summed E-state index contributed by atoms with van der Waals surface area (Å²) in [7, 11) is 0. The molecule has 0 bridgehead atoms. The predicted octanol–water partition coefficient (Wildman–Crippen LogP) is 5.54. The van der Waals surface area contributed by atoms with Crippen molar-refractivity contribution in [3.05, 3.63) is 57.6 Å². The number of phenols is 2. The van der Waals surface area contributed by atoms with E-state index in [-0.39, 0.29) is 35.5 Å². The minimum absolute atomic E-state index is 0.0665. The summed E-state index contributed by atoms with van der Waals surface area (Å²) in [4.78, 5) is 13.6. The van der Waals surface area contributed by atoms with Crippen LogP contribution in [0.3, 0.4) is 0 Å². The van der Waals surface area contributed by atoms with Gasteiger partial charge in [-0.1, -0.05) is 65.8 Å². The Kier molecular flexibility index (Phi) is 7.59. The molecule has 2 aromatic carbocycles. The highest BCUT2D eigenvalue weighted by atomic mass is 16.5. The van der Waals surface area contributed by atoms with E-state index < -0.39 is 11.4 Å². The van der Waals surface area contributed by atoms with Crippen LogP contribution < -0.4 is 0 Å². The third-order valence-electron chi connectivity index (χ3n) is 6.32. The maximum absolute atomic E-state index is 13.6. The van der Waals surface area contributed by atoms with Crippen molar-refractivity contribution >= 4 is 5.97 Å². The molecule has 0 saturated heterocycles. The molecule has 0 amide bonds. The van der Waals surface area contributed by atoms with Crippen molar-refractivity contribution in [1.29, 1.82) is 0 Å². The molecule has 0 aliphatic carbocycles. The van der Waals surface area contributed by atoms with Crippen molar-refractivity contribution < 1.29 is 24.9 Å². The van der Waals surface area contributed by atoms with E-state index in [0.29, 0.717) is 28.7 Å². The normalized spacial score (nSPS) is 12.7. The number of hydrogen-bond donors (Lipinski definition) is 3. The van der Waals surface area contributed by atoms with Gasteiger partial charge in [0.15, 0.2) is 0 Å². The van der Waals surface area contributed by atoms with E-state index in [1.54, 1.807) is 0 Å². The summed E-state index contributed by atoms with van der Waals surface area (Å²) >= 11 is 0. The van der Waals surface area contributed by atoms with Gasteiger partial charge in [0.2, 0.25) is 0 Å². The number of aryl methyl sites for hydroxylation is 2. The van der Waals surface area contributed by atoms with Crippen LogP contribution in [0.1, 0.15) is 88.3 Å². The molecule has 0 atom stereocenters. The number of aliphatic hydroxyl groups is 1. The summed E-state index contributed by atoms with van der Waals surface area (Å²) in [6, 6.07) is 7.43. The Balaban J connectivity index is 2.87. The van der Waals surface area contributed by atoms with E-state index in [2.05, 4.69) is 0 Å². The van der Waals surface area contributed by atoms with E-state index in [0.717, 1.165) is 11.1 Å². The first kappa shape index (κ1) is 26.7. The van der Waals surface area contributed by atoms with Crippen LogP contribution in [0, 0.1) is 13.8 Å². The molecule has 0 aliphatic rings. The molecule has 2 aromatic rings. The van der Waals surface area contributed by atoms with E-state index in [4.69, 9.17) is 9.84 Å². The molecule has 0 radical (unpaired) electrons. The maximum atomic E-state index is 13.6. The summed E-state index contributed by atoms with van der Waals surface area (Å²) in [5.74, 6) is 0.00452. The molecule has 5 heteroatoms. The lowest BCUT2D eigenvalue weighted by Gasteiger charge is -2.33.